The van der Waals surface area contributed by atoms with Crippen molar-refractivity contribution in [1.82, 2.24) is 0 Å². The topological polar surface area (TPSA) is 41.3 Å². The maximum Gasteiger partial charge on any atom is 0.369 e. The number of nitrogens with two attached hydrogens (primary N) is 1. The molecule has 3 nitrogen and oxygen atoms in total. The first-order valence-corrected chi connectivity index (χ1v) is 18.6. The molecule has 0 fully saturated rings. The minimum Gasteiger partial charge on any atom is -0.398 e. The van der Waals surface area contributed by atoms with Crippen molar-refractivity contribution in [2.75, 3.05) is 16.0 Å². The molecule has 7 rings (SSSR count). The molecule has 0 spiro atoms. The van der Waals surface area contributed by atoms with Gasteiger partial charge in [0, 0.05) is 33.8 Å². The van der Waals surface area contributed by atoms with E-state index in [0.29, 0.717) is 5.69 Å². The van der Waals surface area contributed by atoms with E-state index in [-0.39, 0.29) is 3.18 Å². The second kappa shape index (κ2) is 16.7. The van der Waals surface area contributed by atoms with Gasteiger partial charge in [0.2, 0.25) is 0 Å². The number of nitrogens with one attached hydrogen (secondary N) is 1. The predicted molar refractivity (Wildman–Crippen MR) is 224 cm³/mol. The lowest BCUT2D eigenvalue weighted by Crippen LogP contribution is -2.15. The molecule has 3 N–H and O–H groups in total. The van der Waals surface area contributed by atoms with Gasteiger partial charge in [0.05, 0.1) is 17.1 Å². The van der Waals surface area contributed by atoms with Gasteiger partial charge in [-0.2, -0.15) is 0 Å². The molecular weight excluding hydrogens is 797 g/mol. The molecule has 0 radical (unpaired) electrons. The van der Waals surface area contributed by atoms with Gasteiger partial charge in [-0.25, -0.2) is 0 Å². The summed E-state index contributed by atoms with van der Waals surface area (Å²) in [6, 6.07) is 63.0. The Kier molecular flexibility index (Phi) is 11.7. The summed E-state index contributed by atoms with van der Waals surface area (Å²) < 4.78 is 0.271. The van der Waals surface area contributed by atoms with E-state index in [4.69, 9.17) is 5.73 Å². The zero-order valence-corrected chi connectivity index (χ0v) is 31.3. The van der Waals surface area contributed by atoms with E-state index < -0.39 is 0 Å². The highest BCUT2D eigenvalue weighted by Crippen LogP contribution is 2.56. The van der Waals surface area contributed by atoms with Gasteiger partial charge in [-0.3, -0.25) is 0 Å². The second-order valence-corrected chi connectivity index (χ2v) is 17.5. The summed E-state index contributed by atoms with van der Waals surface area (Å²) >= 11 is 9.31. The molecule has 0 aliphatic rings. The zero-order chi connectivity index (χ0) is 34.0. The lowest BCUT2D eigenvalue weighted by atomic mass is 9.85. The molecule has 240 valence electrons. The predicted octanol–water partition coefficient (Wildman–Crippen LogP) is 13.6. The first-order chi connectivity index (χ1) is 24.0. The van der Waals surface area contributed by atoms with Crippen LogP contribution in [0.25, 0.3) is 33.4 Å². The number of anilines is 6. The van der Waals surface area contributed by atoms with Crippen LogP contribution in [-0.2, 0) is 0 Å². The summed E-state index contributed by atoms with van der Waals surface area (Å²) in [5.74, 6) is 0. The van der Waals surface area contributed by atoms with Crippen molar-refractivity contribution in [1.29, 1.82) is 0 Å². The van der Waals surface area contributed by atoms with Crippen LogP contribution in [0.2, 0.25) is 0 Å². The van der Waals surface area contributed by atoms with Crippen LogP contribution in [0.15, 0.2) is 182 Å². The van der Waals surface area contributed by atoms with Crippen molar-refractivity contribution in [2.45, 2.75) is 0 Å². The number of hydrogen-bond acceptors (Lipinski definition) is 3. The fourth-order valence-corrected chi connectivity index (χ4v) is 6.02. The molecule has 0 bridgehead atoms. The third-order valence-electron chi connectivity index (χ3n) is 8.00. The summed E-state index contributed by atoms with van der Waals surface area (Å²) in [5.41, 5.74) is 19.3. The number of hydrogen-bond donors (Lipinski definition) is 2. The molecule has 0 heterocycles. The lowest BCUT2D eigenvalue weighted by molar-refractivity contribution is 1.28. The van der Waals surface area contributed by atoms with Gasteiger partial charge in [-0.1, -0.05) is 146 Å². The maximum absolute atomic E-state index is 7.48. The van der Waals surface area contributed by atoms with E-state index >= 15 is 0 Å². The van der Waals surface area contributed by atoms with Gasteiger partial charge in [0.25, 0.3) is 0 Å². The molecular formula is C42H33BBr3N3. The largest absolute Gasteiger partial charge is 0.398 e. The molecule has 7 aromatic rings. The Morgan fingerprint density at radius 2 is 0.755 bits per heavy atom. The minimum absolute atomic E-state index is 0.271. The number of nitrogens with zero attached hydrogens (tertiary/aromatic N) is 1. The molecule has 7 heteroatoms. The molecule has 7 aromatic carbocycles. The number of benzene rings is 7. The fraction of sp³-hybridized carbons (Fsp3) is 0. The van der Waals surface area contributed by atoms with Crippen LogP contribution in [0.1, 0.15) is 0 Å². The number of nitrogen functional groups attached to an aromatic ring is 1. The zero-order valence-electron chi connectivity index (χ0n) is 26.6. The van der Waals surface area contributed by atoms with Crippen molar-refractivity contribution in [2.24, 2.45) is 0 Å². The summed E-state index contributed by atoms with van der Waals surface area (Å²) in [6.45, 7) is 0. The van der Waals surface area contributed by atoms with Gasteiger partial charge < -0.3 is 16.0 Å². The Morgan fingerprint density at radius 1 is 0.429 bits per heavy atom. The van der Waals surface area contributed by atoms with Crippen LogP contribution in [-0.4, -0.2) is 3.18 Å². The molecule has 0 saturated carbocycles. The highest BCUT2D eigenvalue weighted by atomic mass is 79.9. The highest BCUT2D eigenvalue weighted by molar-refractivity contribution is 9.69. The number of rotatable bonds is 8. The van der Waals surface area contributed by atoms with Crippen molar-refractivity contribution in [3.63, 3.8) is 0 Å². The van der Waals surface area contributed by atoms with Crippen LogP contribution in [0, 0.1) is 0 Å². The molecule has 0 aliphatic heterocycles. The molecule has 0 saturated heterocycles. The average molecular weight is 830 g/mol. The summed E-state index contributed by atoms with van der Waals surface area (Å²) in [7, 11) is 0. The molecule has 49 heavy (non-hydrogen) atoms. The van der Waals surface area contributed by atoms with Crippen molar-refractivity contribution in [3.8, 4) is 33.4 Å². The summed E-state index contributed by atoms with van der Waals surface area (Å²) in [4.78, 5) is 2.34. The third kappa shape index (κ3) is 8.19. The Labute approximate surface area is 313 Å². The third-order valence-corrected chi connectivity index (χ3v) is 8.00. The van der Waals surface area contributed by atoms with Crippen molar-refractivity contribution >= 4 is 84.6 Å². The van der Waals surface area contributed by atoms with Gasteiger partial charge in [-0.15, -0.1) is 47.3 Å². The number of para-hydroxylation sites is 3. The molecule has 0 aromatic heterocycles. The molecule has 0 amide bonds. The van der Waals surface area contributed by atoms with E-state index in [1.54, 1.807) is 0 Å². The molecule has 0 unspecified atom stereocenters. The first kappa shape index (κ1) is 34.3. The van der Waals surface area contributed by atoms with E-state index in [2.05, 4.69) is 221 Å². The standard InChI is InChI=1S/C42H33N3.BBr3/c43-40-37(31-19-7-1-8-20-31)41(44-34-25-13-4-14-26-34)39(33-23-11-3-12-24-33)42(38(40)32-21-9-2-10-22-32)45(35-27-15-5-16-28-35)36-29-17-6-18-30-36;2-1(3)4/h1-30,44H,43H2;. The Hall–Kier alpha value is -4.56. The fourth-order valence-electron chi connectivity index (χ4n) is 6.02. The SMILES string of the molecule is BrB(Br)Br.Nc1c(-c2ccccc2)c(Nc2ccccc2)c(-c2ccccc2)c(N(c2ccccc2)c2ccccc2)c1-c1ccccc1. The Balaban J connectivity index is 0.000000989. The van der Waals surface area contributed by atoms with Crippen molar-refractivity contribution in [3.05, 3.63) is 182 Å². The Morgan fingerprint density at radius 3 is 1.16 bits per heavy atom. The van der Waals surface area contributed by atoms with Gasteiger partial charge in [-0.05, 0) is 53.1 Å². The Bertz CT molecular complexity index is 2030. The minimum atomic E-state index is 0.271. The van der Waals surface area contributed by atoms with Crippen LogP contribution in [0.4, 0.5) is 34.1 Å². The first-order valence-electron chi connectivity index (χ1n) is 15.8. The van der Waals surface area contributed by atoms with E-state index in [0.717, 1.165) is 61.8 Å². The average Bonchev–Trinajstić information content (AvgIpc) is 3.14. The molecule has 0 aliphatic carbocycles. The second-order valence-electron chi connectivity index (χ2n) is 11.1. The summed E-state index contributed by atoms with van der Waals surface area (Å²) in [6.07, 6.45) is 0. The maximum atomic E-state index is 7.48. The quantitative estimate of drug-likeness (QED) is 0.118. The van der Waals surface area contributed by atoms with E-state index in [9.17, 15) is 0 Å². The normalized spacial score (nSPS) is 10.4. The van der Waals surface area contributed by atoms with Crippen LogP contribution < -0.4 is 16.0 Å². The van der Waals surface area contributed by atoms with Gasteiger partial charge in [0.1, 0.15) is 0 Å². The van der Waals surface area contributed by atoms with E-state index in [1.165, 1.54) is 0 Å². The number of halogens is 3. The van der Waals surface area contributed by atoms with Crippen molar-refractivity contribution < 1.29 is 0 Å². The van der Waals surface area contributed by atoms with Gasteiger partial charge >= 0.3 is 3.18 Å². The van der Waals surface area contributed by atoms with Crippen LogP contribution >= 0.6 is 47.3 Å². The monoisotopic (exact) mass is 827 g/mol. The highest BCUT2D eigenvalue weighted by Gasteiger charge is 2.30. The van der Waals surface area contributed by atoms with Crippen LogP contribution in [0.3, 0.4) is 0 Å². The molecule has 0 atom stereocenters. The summed E-state index contributed by atoms with van der Waals surface area (Å²) in [5, 5.41) is 3.85. The lowest BCUT2D eigenvalue weighted by Gasteiger charge is -2.34. The van der Waals surface area contributed by atoms with Gasteiger partial charge in [0.15, 0.2) is 0 Å². The van der Waals surface area contributed by atoms with Crippen LogP contribution in [0.5, 0.6) is 0 Å². The van der Waals surface area contributed by atoms with E-state index in [1.807, 2.05) is 18.2 Å². The smallest absolute Gasteiger partial charge is 0.369 e.